The number of alkyl halides is 3. The van der Waals surface area contributed by atoms with Gasteiger partial charge in [-0.05, 0) is 31.7 Å². The van der Waals surface area contributed by atoms with Crippen molar-refractivity contribution in [2.45, 2.75) is 31.6 Å². The number of nitrogens with zero attached hydrogens (tertiary/aromatic N) is 1. The predicted molar refractivity (Wildman–Crippen MR) is 66.1 cm³/mol. The Morgan fingerprint density at radius 1 is 1.32 bits per heavy atom. The fourth-order valence-electron chi connectivity index (χ4n) is 2.09. The maximum Gasteiger partial charge on any atom is 0.390 e. The molecule has 0 bridgehead atoms. The van der Waals surface area contributed by atoms with Gasteiger partial charge in [0.05, 0.1) is 6.42 Å². The SMILES string of the molecule is CC(N)C(c1cccc(F)c1)N(C)CCC(F)(F)F. The zero-order valence-corrected chi connectivity index (χ0v) is 10.9. The molecule has 0 heterocycles. The Bertz CT molecular complexity index is 404. The molecule has 0 radical (unpaired) electrons. The van der Waals surface area contributed by atoms with Crippen molar-refractivity contribution in [3.05, 3.63) is 35.6 Å². The molecule has 0 saturated heterocycles. The van der Waals surface area contributed by atoms with Crippen LogP contribution in [0.5, 0.6) is 0 Å². The average molecular weight is 278 g/mol. The zero-order valence-electron chi connectivity index (χ0n) is 10.9. The van der Waals surface area contributed by atoms with Gasteiger partial charge in [-0.3, -0.25) is 4.90 Å². The smallest absolute Gasteiger partial charge is 0.326 e. The second kappa shape index (κ2) is 6.34. The van der Waals surface area contributed by atoms with Crippen LogP contribution in [0.1, 0.15) is 24.9 Å². The van der Waals surface area contributed by atoms with E-state index in [1.807, 2.05) is 0 Å². The van der Waals surface area contributed by atoms with E-state index in [4.69, 9.17) is 5.73 Å². The van der Waals surface area contributed by atoms with Gasteiger partial charge >= 0.3 is 6.18 Å². The number of rotatable bonds is 5. The Hall–Kier alpha value is -1.14. The summed E-state index contributed by atoms with van der Waals surface area (Å²) >= 11 is 0. The fourth-order valence-corrected chi connectivity index (χ4v) is 2.09. The third-order valence-corrected chi connectivity index (χ3v) is 2.91. The quantitative estimate of drug-likeness (QED) is 0.839. The second-order valence-corrected chi connectivity index (χ2v) is 4.70. The highest BCUT2D eigenvalue weighted by atomic mass is 19.4. The van der Waals surface area contributed by atoms with E-state index in [0.717, 1.165) is 0 Å². The van der Waals surface area contributed by atoms with Gasteiger partial charge in [0.15, 0.2) is 0 Å². The standard InChI is InChI=1S/C13H18F4N2/c1-9(18)12(10-4-3-5-11(14)8-10)19(2)7-6-13(15,16)17/h3-5,8-9,12H,6-7,18H2,1-2H3. The van der Waals surface area contributed by atoms with Crippen LogP contribution < -0.4 is 5.73 Å². The van der Waals surface area contributed by atoms with Gasteiger partial charge < -0.3 is 5.73 Å². The van der Waals surface area contributed by atoms with E-state index in [1.165, 1.54) is 23.1 Å². The number of hydrogen-bond donors (Lipinski definition) is 1. The minimum atomic E-state index is -4.21. The summed E-state index contributed by atoms with van der Waals surface area (Å²) in [5.41, 5.74) is 6.40. The number of halogens is 4. The van der Waals surface area contributed by atoms with Crippen LogP contribution in [0.4, 0.5) is 17.6 Å². The average Bonchev–Trinajstić information content (AvgIpc) is 2.25. The van der Waals surface area contributed by atoms with Gasteiger partial charge in [-0.2, -0.15) is 13.2 Å². The predicted octanol–water partition coefficient (Wildman–Crippen LogP) is 3.10. The molecule has 2 atom stereocenters. The van der Waals surface area contributed by atoms with Crippen LogP contribution in [-0.2, 0) is 0 Å². The van der Waals surface area contributed by atoms with Gasteiger partial charge in [-0.1, -0.05) is 12.1 Å². The first-order chi connectivity index (χ1) is 8.70. The minimum Gasteiger partial charge on any atom is -0.326 e. The summed E-state index contributed by atoms with van der Waals surface area (Å²) in [5.74, 6) is -0.424. The largest absolute Gasteiger partial charge is 0.390 e. The molecular formula is C13H18F4N2. The highest BCUT2D eigenvalue weighted by molar-refractivity contribution is 5.21. The van der Waals surface area contributed by atoms with Crippen molar-refractivity contribution in [1.29, 1.82) is 0 Å². The maximum atomic E-state index is 13.2. The normalized spacial score (nSPS) is 15.6. The van der Waals surface area contributed by atoms with Gasteiger partial charge in [0, 0.05) is 18.6 Å². The molecule has 1 aromatic rings. The van der Waals surface area contributed by atoms with Crippen molar-refractivity contribution >= 4 is 0 Å². The minimum absolute atomic E-state index is 0.174. The van der Waals surface area contributed by atoms with Crippen molar-refractivity contribution in [2.24, 2.45) is 5.73 Å². The molecule has 0 aliphatic rings. The summed E-state index contributed by atoms with van der Waals surface area (Å²) < 4.78 is 49.9. The molecule has 0 aliphatic heterocycles. The molecule has 2 N–H and O–H groups in total. The number of nitrogens with two attached hydrogens (primary N) is 1. The van der Waals surface area contributed by atoms with Crippen molar-refractivity contribution in [3.8, 4) is 0 Å². The van der Waals surface area contributed by atoms with Crippen LogP contribution in [0, 0.1) is 5.82 Å². The number of likely N-dealkylation sites (N-methyl/N-ethyl adjacent to an activating group) is 1. The first-order valence-corrected chi connectivity index (χ1v) is 5.99. The Morgan fingerprint density at radius 2 is 1.95 bits per heavy atom. The first-order valence-electron chi connectivity index (χ1n) is 5.99. The zero-order chi connectivity index (χ0) is 14.6. The lowest BCUT2D eigenvalue weighted by atomic mass is 9.99. The van der Waals surface area contributed by atoms with Gasteiger partial charge in [0.2, 0.25) is 0 Å². The molecule has 2 nitrogen and oxygen atoms in total. The Morgan fingerprint density at radius 3 is 2.42 bits per heavy atom. The van der Waals surface area contributed by atoms with Crippen LogP contribution in [0.15, 0.2) is 24.3 Å². The van der Waals surface area contributed by atoms with Crippen LogP contribution in [0.2, 0.25) is 0 Å². The molecule has 0 fully saturated rings. The molecule has 108 valence electrons. The molecule has 0 amide bonds. The molecule has 0 aromatic heterocycles. The van der Waals surface area contributed by atoms with E-state index < -0.39 is 30.5 Å². The second-order valence-electron chi connectivity index (χ2n) is 4.70. The van der Waals surface area contributed by atoms with Gasteiger partial charge in [0.1, 0.15) is 5.82 Å². The maximum absolute atomic E-state index is 13.2. The van der Waals surface area contributed by atoms with Gasteiger partial charge in [-0.25, -0.2) is 4.39 Å². The molecular weight excluding hydrogens is 260 g/mol. The van der Waals surface area contributed by atoms with E-state index in [9.17, 15) is 17.6 Å². The van der Waals surface area contributed by atoms with E-state index in [2.05, 4.69) is 0 Å². The molecule has 6 heteroatoms. The van der Waals surface area contributed by atoms with Crippen molar-refractivity contribution < 1.29 is 17.6 Å². The van der Waals surface area contributed by atoms with Crippen molar-refractivity contribution in [3.63, 3.8) is 0 Å². The van der Waals surface area contributed by atoms with Gasteiger partial charge in [0.25, 0.3) is 0 Å². The molecule has 1 aromatic carbocycles. The lowest BCUT2D eigenvalue weighted by Gasteiger charge is -2.31. The van der Waals surface area contributed by atoms with Gasteiger partial charge in [-0.15, -0.1) is 0 Å². The highest BCUT2D eigenvalue weighted by Crippen LogP contribution is 2.26. The lowest BCUT2D eigenvalue weighted by molar-refractivity contribution is -0.138. The summed E-state index contributed by atoms with van der Waals surface area (Å²) in [7, 11) is 1.56. The summed E-state index contributed by atoms with van der Waals surface area (Å²) in [4.78, 5) is 1.51. The molecule has 1 rings (SSSR count). The number of benzene rings is 1. The Labute approximate surface area is 110 Å². The lowest BCUT2D eigenvalue weighted by Crippen LogP contribution is -2.38. The fraction of sp³-hybridized carbons (Fsp3) is 0.538. The molecule has 0 saturated carbocycles. The van der Waals surface area contributed by atoms with Crippen LogP contribution >= 0.6 is 0 Å². The van der Waals surface area contributed by atoms with E-state index >= 15 is 0 Å². The first kappa shape index (κ1) is 15.9. The summed E-state index contributed by atoms with van der Waals surface area (Å²) in [6, 6.07) is 4.94. The monoisotopic (exact) mass is 278 g/mol. The third kappa shape index (κ3) is 5.16. The van der Waals surface area contributed by atoms with Crippen LogP contribution in [0.3, 0.4) is 0 Å². The highest BCUT2D eigenvalue weighted by Gasteiger charge is 2.29. The van der Waals surface area contributed by atoms with E-state index in [-0.39, 0.29) is 6.54 Å². The topological polar surface area (TPSA) is 29.3 Å². The van der Waals surface area contributed by atoms with E-state index in [0.29, 0.717) is 5.56 Å². The summed E-state index contributed by atoms with van der Waals surface area (Å²) in [6.45, 7) is 1.52. The summed E-state index contributed by atoms with van der Waals surface area (Å²) in [6.07, 6.45) is -5.12. The van der Waals surface area contributed by atoms with E-state index in [1.54, 1.807) is 20.0 Å². The van der Waals surface area contributed by atoms with Crippen molar-refractivity contribution in [1.82, 2.24) is 4.90 Å². The molecule has 2 unspecified atom stereocenters. The Balaban J connectivity index is 2.83. The molecule has 0 aliphatic carbocycles. The number of hydrogen-bond acceptors (Lipinski definition) is 2. The van der Waals surface area contributed by atoms with Crippen LogP contribution in [0.25, 0.3) is 0 Å². The summed E-state index contributed by atoms with van der Waals surface area (Å²) in [5, 5.41) is 0. The third-order valence-electron chi connectivity index (χ3n) is 2.91. The van der Waals surface area contributed by atoms with Crippen LogP contribution in [-0.4, -0.2) is 30.7 Å². The van der Waals surface area contributed by atoms with Crippen molar-refractivity contribution in [2.75, 3.05) is 13.6 Å². The Kier molecular flexibility index (Phi) is 5.31. The molecule has 0 spiro atoms. The molecule has 19 heavy (non-hydrogen) atoms.